The van der Waals surface area contributed by atoms with Crippen molar-refractivity contribution in [3.05, 3.63) is 137 Å². The maximum absolute atomic E-state index is 12.8. The van der Waals surface area contributed by atoms with Gasteiger partial charge in [0.25, 0.3) is 0 Å². The predicted octanol–water partition coefficient (Wildman–Crippen LogP) is 6.70. The van der Waals surface area contributed by atoms with E-state index in [4.69, 9.17) is 14.7 Å². The first kappa shape index (κ1) is 28.4. The molecule has 0 aliphatic carbocycles. The van der Waals surface area contributed by atoms with E-state index in [1.165, 1.54) is 17.2 Å². The Labute approximate surface area is 230 Å². The molecule has 40 heavy (non-hydrogen) atoms. The minimum Gasteiger partial charge on any atom is -0.489 e. The fourth-order valence-electron chi connectivity index (χ4n) is 3.71. The van der Waals surface area contributed by atoms with Gasteiger partial charge in [-0.3, -0.25) is 4.84 Å². The van der Waals surface area contributed by atoms with Gasteiger partial charge in [-0.25, -0.2) is 4.79 Å². The molecule has 0 amide bonds. The lowest BCUT2D eigenvalue weighted by Gasteiger charge is -2.21. The highest BCUT2D eigenvalue weighted by Crippen LogP contribution is 2.29. The van der Waals surface area contributed by atoms with Gasteiger partial charge in [0.15, 0.2) is 6.61 Å². The van der Waals surface area contributed by atoms with Crippen molar-refractivity contribution in [1.29, 1.82) is 0 Å². The van der Waals surface area contributed by atoms with E-state index in [2.05, 4.69) is 11.8 Å². The number of ether oxygens (including phenoxy) is 1. The second-order valence-corrected chi connectivity index (χ2v) is 8.91. The van der Waals surface area contributed by atoms with Gasteiger partial charge in [0, 0.05) is 24.2 Å². The molecule has 204 valence electrons. The van der Waals surface area contributed by atoms with E-state index in [0.717, 1.165) is 40.1 Å². The van der Waals surface area contributed by atoms with Crippen LogP contribution >= 0.6 is 0 Å². The Balaban J connectivity index is 1.35. The molecule has 0 saturated carbocycles. The van der Waals surface area contributed by atoms with Gasteiger partial charge in [0.1, 0.15) is 12.4 Å². The smallest absolute Gasteiger partial charge is 0.416 e. The molecule has 0 atom stereocenters. The number of rotatable bonds is 10. The van der Waals surface area contributed by atoms with E-state index >= 15 is 0 Å². The van der Waals surface area contributed by atoms with Crippen LogP contribution in [0.2, 0.25) is 0 Å². The number of carbonyl (C=O) groups is 1. The van der Waals surface area contributed by atoms with Crippen LogP contribution in [0.3, 0.4) is 0 Å². The molecule has 0 spiro atoms. The third-order valence-electron chi connectivity index (χ3n) is 5.78. The monoisotopic (exact) mass is 545 g/mol. The van der Waals surface area contributed by atoms with Crippen LogP contribution in [0.4, 0.5) is 13.2 Å². The van der Waals surface area contributed by atoms with E-state index in [1.807, 2.05) is 78.9 Å². The Hall–Kier alpha value is -4.58. The Morgan fingerprint density at radius 1 is 0.725 bits per heavy atom. The number of carboxylic acids is 1. The maximum atomic E-state index is 12.8. The number of carboxylic acid groups (broad SMARTS) is 1. The van der Waals surface area contributed by atoms with Gasteiger partial charge in [0.05, 0.1) is 5.56 Å². The van der Waals surface area contributed by atoms with Crippen LogP contribution in [0.25, 0.3) is 0 Å². The largest absolute Gasteiger partial charge is 0.489 e. The molecule has 0 aliphatic heterocycles. The molecule has 0 fully saturated rings. The molecule has 0 radical (unpaired) electrons. The van der Waals surface area contributed by atoms with E-state index in [1.54, 1.807) is 0 Å². The molecule has 5 nitrogen and oxygen atoms in total. The van der Waals surface area contributed by atoms with Crippen molar-refractivity contribution in [2.75, 3.05) is 6.61 Å². The zero-order valence-electron chi connectivity index (χ0n) is 21.4. The quantitative estimate of drug-likeness (QED) is 0.178. The molecule has 0 heterocycles. The summed E-state index contributed by atoms with van der Waals surface area (Å²) in [6.07, 6.45) is -4.43. The first-order chi connectivity index (χ1) is 19.2. The third kappa shape index (κ3) is 9.02. The highest BCUT2D eigenvalue weighted by Gasteiger charge is 2.30. The first-order valence-corrected chi connectivity index (χ1v) is 12.4. The summed E-state index contributed by atoms with van der Waals surface area (Å²) in [6.45, 7) is 0.256. The normalized spacial score (nSPS) is 11.1. The lowest BCUT2D eigenvalue weighted by atomic mass is 10.1. The van der Waals surface area contributed by atoms with Crippen molar-refractivity contribution in [2.24, 2.45) is 0 Å². The summed E-state index contributed by atoms with van der Waals surface area (Å²) in [5.41, 5.74) is 3.33. The van der Waals surface area contributed by atoms with Crippen LogP contribution in [-0.2, 0) is 35.5 Å². The molecule has 0 bridgehead atoms. The van der Waals surface area contributed by atoms with E-state index in [0.29, 0.717) is 12.2 Å². The number of hydroxylamine groups is 2. The molecule has 1 N–H and O–H groups in total. The molecule has 0 aromatic heterocycles. The number of alkyl halides is 3. The lowest BCUT2D eigenvalue weighted by Crippen LogP contribution is -2.26. The van der Waals surface area contributed by atoms with Crippen LogP contribution in [0.1, 0.15) is 33.4 Å². The zero-order valence-corrected chi connectivity index (χ0v) is 21.4. The summed E-state index contributed by atoms with van der Waals surface area (Å²) in [6, 6.07) is 29.5. The SMILES string of the molecule is O=C(O)CON(Cc1ccc(C#Cc2ccc(OCc3ccccc3)cc2)cc1)Cc1ccc(C(F)(F)F)cc1. The summed E-state index contributed by atoms with van der Waals surface area (Å²) in [4.78, 5) is 16.4. The fourth-order valence-corrected chi connectivity index (χ4v) is 3.71. The van der Waals surface area contributed by atoms with Crippen LogP contribution < -0.4 is 4.74 Å². The van der Waals surface area contributed by atoms with E-state index < -0.39 is 24.3 Å². The van der Waals surface area contributed by atoms with Gasteiger partial charge in [-0.2, -0.15) is 18.2 Å². The van der Waals surface area contributed by atoms with Crippen molar-refractivity contribution in [2.45, 2.75) is 25.9 Å². The van der Waals surface area contributed by atoms with Crippen LogP contribution in [0, 0.1) is 11.8 Å². The Morgan fingerprint density at radius 2 is 1.25 bits per heavy atom. The number of aliphatic carboxylic acids is 1. The van der Waals surface area contributed by atoms with Gasteiger partial charge in [-0.05, 0) is 65.2 Å². The number of hydrogen-bond donors (Lipinski definition) is 1. The van der Waals surface area contributed by atoms with Gasteiger partial charge >= 0.3 is 12.1 Å². The van der Waals surface area contributed by atoms with Crippen molar-refractivity contribution < 1.29 is 32.6 Å². The number of halogens is 3. The maximum Gasteiger partial charge on any atom is 0.416 e. The van der Waals surface area contributed by atoms with Crippen molar-refractivity contribution in [3.8, 4) is 17.6 Å². The highest BCUT2D eigenvalue weighted by atomic mass is 19.4. The predicted molar refractivity (Wildman–Crippen MR) is 144 cm³/mol. The molecule has 0 unspecified atom stereocenters. The highest BCUT2D eigenvalue weighted by molar-refractivity contribution is 5.67. The minimum absolute atomic E-state index is 0.109. The number of benzene rings is 4. The molecule has 0 saturated heterocycles. The van der Waals surface area contributed by atoms with Crippen LogP contribution in [-0.4, -0.2) is 22.7 Å². The Morgan fingerprint density at radius 3 is 1.77 bits per heavy atom. The molecule has 4 aromatic carbocycles. The summed E-state index contributed by atoms with van der Waals surface area (Å²) in [5.74, 6) is 5.83. The van der Waals surface area contributed by atoms with Gasteiger partial charge in [-0.1, -0.05) is 66.4 Å². The summed E-state index contributed by atoms with van der Waals surface area (Å²) < 4.78 is 44.3. The molecule has 4 rings (SSSR count). The average Bonchev–Trinajstić information content (AvgIpc) is 2.95. The van der Waals surface area contributed by atoms with Crippen LogP contribution in [0.15, 0.2) is 103 Å². The molecule has 0 aliphatic rings. The Bertz CT molecular complexity index is 1440. The Kier molecular flexibility index (Phi) is 9.57. The van der Waals surface area contributed by atoms with Crippen molar-refractivity contribution in [1.82, 2.24) is 5.06 Å². The fraction of sp³-hybridized carbons (Fsp3) is 0.156. The summed E-state index contributed by atoms with van der Waals surface area (Å²) in [5, 5.41) is 10.4. The zero-order chi connectivity index (χ0) is 28.4. The second kappa shape index (κ2) is 13.5. The molecule has 4 aromatic rings. The van der Waals surface area contributed by atoms with Gasteiger partial charge in [0.2, 0.25) is 0 Å². The molecular formula is C32H26F3NO4. The summed E-state index contributed by atoms with van der Waals surface area (Å²) >= 11 is 0. The average molecular weight is 546 g/mol. The number of hydrogen-bond acceptors (Lipinski definition) is 4. The topological polar surface area (TPSA) is 59.0 Å². The number of nitrogens with zero attached hydrogens (tertiary/aromatic N) is 1. The van der Waals surface area contributed by atoms with E-state index in [9.17, 15) is 18.0 Å². The van der Waals surface area contributed by atoms with E-state index in [-0.39, 0.29) is 13.1 Å². The second-order valence-electron chi connectivity index (χ2n) is 8.91. The van der Waals surface area contributed by atoms with Crippen molar-refractivity contribution in [3.63, 3.8) is 0 Å². The minimum atomic E-state index is -4.43. The summed E-state index contributed by atoms with van der Waals surface area (Å²) in [7, 11) is 0. The van der Waals surface area contributed by atoms with Crippen LogP contribution in [0.5, 0.6) is 5.75 Å². The first-order valence-electron chi connectivity index (χ1n) is 12.4. The standard InChI is InChI=1S/C32H26F3NO4/c33-32(34,35)29-16-12-27(13-17-29)21-36(40-23-31(37)38)20-26-10-8-24(9-11-26)6-7-25-14-18-30(19-15-25)39-22-28-4-2-1-3-5-28/h1-5,8-19H,20-23H2,(H,37,38). The lowest BCUT2D eigenvalue weighted by molar-refractivity contribution is -0.190. The molecular weight excluding hydrogens is 519 g/mol. The van der Waals surface area contributed by atoms with Gasteiger partial charge < -0.3 is 9.84 Å². The third-order valence-corrected chi connectivity index (χ3v) is 5.78. The van der Waals surface area contributed by atoms with Crippen molar-refractivity contribution >= 4 is 5.97 Å². The van der Waals surface area contributed by atoms with Gasteiger partial charge in [-0.15, -0.1) is 0 Å². The molecule has 8 heteroatoms.